The van der Waals surface area contributed by atoms with E-state index in [4.69, 9.17) is 4.74 Å². The number of fused-ring (bicyclic) bond motifs is 2. The van der Waals surface area contributed by atoms with E-state index in [0.717, 1.165) is 22.3 Å². The maximum atomic E-state index is 5.82. The highest BCUT2D eigenvalue weighted by molar-refractivity contribution is 6.09. The quantitative estimate of drug-likeness (QED) is 0.286. The van der Waals surface area contributed by atoms with Crippen LogP contribution in [-0.2, 0) is 0 Å². The van der Waals surface area contributed by atoms with Gasteiger partial charge < -0.3 is 4.74 Å². The molecule has 0 N–H and O–H groups in total. The second-order valence-electron chi connectivity index (χ2n) is 6.78. The van der Waals surface area contributed by atoms with E-state index >= 15 is 0 Å². The first-order valence-electron chi connectivity index (χ1n) is 9.43. The molecule has 1 aromatic heterocycles. The van der Waals surface area contributed by atoms with E-state index in [1.54, 1.807) is 7.11 Å². The van der Waals surface area contributed by atoms with E-state index < -0.39 is 0 Å². The molecule has 5 aromatic rings. The van der Waals surface area contributed by atoms with E-state index in [2.05, 4.69) is 95.6 Å². The lowest BCUT2D eigenvalue weighted by molar-refractivity contribution is -0.537. The molecule has 0 saturated carbocycles. The second-order valence-corrected chi connectivity index (χ2v) is 6.78. The van der Waals surface area contributed by atoms with Crippen LogP contribution in [0.15, 0.2) is 103 Å². The van der Waals surface area contributed by atoms with Gasteiger partial charge in [-0.15, -0.1) is 0 Å². The Morgan fingerprint density at radius 2 is 1.25 bits per heavy atom. The number of hydrogen-bond donors (Lipinski definition) is 0. The summed E-state index contributed by atoms with van der Waals surface area (Å²) in [5.74, 6) is 0.881. The zero-order valence-corrected chi connectivity index (χ0v) is 15.7. The Bertz CT molecular complexity index is 1280. The lowest BCUT2D eigenvalue weighted by Crippen LogP contribution is -2.33. The fourth-order valence-electron chi connectivity index (χ4n) is 4.03. The van der Waals surface area contributed by atoms with Gasteiger partial charge in [0.15, 0.2) is 0 Å². The maximum absolute atomic E-state index is 5.82. The zero-order valence-electron chi connectivity index (χ0n) is 15.7. The molecule has 0 radical (unpaired) electrons. The molecule has 0 atom stereocenters. The highest BCUT2D eigenvalue weighted by Crippen LogP contribution is 2.39. The summed E-state index contributed by atoms with van der Waals surface area (Å²) < 4.78 is 8.14. The number of hydrogen-bond acceptors (Lipinski definition) is 1. The third-order valence-electron chi connectivity index (χ3n) is 5.21. The molecule has 2 heteroatoms. The Morgan fingerprint density at radius 1 is 0.607 bits per heavy atom. The molecule has 0 bridgehead atoms. The zero-order chi connectivity index (χ0) is 18.9. The van der Waals surface area contributed by atoms with Crippen molar-refractivity contribution in [3.63, 3.8) is 0 Å². The SMILES string of the molecule is COc1cccc2c1c(-c1ccccc1)c1ccccc1[n+]2-c1ccccc1. The summed E-state index contributed by atoms with van der Waals surface area (Å²) >= 11 is 0. The Labute approximate surface area is 164 Å². The minimum absolute atomic E-state index is 0.881. The first-order chi connectivity index (χ1) is 13.9. The third kappa shape index (κ3) is 2.54. The first kappa shape index (κ1) is 16.5. The molecule has 4 aromatic carbocycles. The number of nitrogens with zero attached hydrogens (tertiary/aromatic N) is 1. The van der Waals surface area contributed by atoms with Gasteiger partial charge in [0, 0.05) is 29.8 Å². The van der Waals surface area contributed by atoms with Gasteiger partial charge in [-0.05, 0) is 17.7 Å². The van der Waals surface area contributed by atoms with Crippen molar-refractivity contribution in [3.8, 4) is 22.6 Å². The van der Waals surface area contributed by atoms with Crippen LogP contribution >= 0.6 is 0 Å². The van der Waals surface area contributed by atoms with Crippen molar-refractivity contribution < 1.29 is 9.30 Å². The molecule has 0 unspecified atom stereocenters. The van der Waals surface area contributed by atoms with Crippen LogP contribution in [0.5, 0.6) is 5.75 Å². The van der Waals surface area contributed by atoms with Crippen molar-refractivity contribution in [2.24, 2.45) is 0 Å². The van der Waals surface area contributed by atoms with Crippen LogP contribution < -0.4 is 9.30 Å². The summed E-state index contributed by atoms with van der Waals surface area (Å²) in [6.45, 7) is 0. The summed E-state index contributed by atoms with van der Waals surface area (Å²) in [7, 11) is 1.74. The summed E-state index contributed by atoms with van der Waals surface area (Å²) in [5.41, 5.74) is 5.83. The van der Waals surface area contributed by atoms with Crippen molar-refractivity contribution in [1.82, 2.24) is 0 Å². The van der Waals surface area contributed by atoms with Gasteiger partial charge in [0.05, 0.1) is 17.9 Å². The number of para-hydroxylation sites is 2. The molecule has 0 aliphatic rings. The Morgan fingerprint density at radius 3 is 2.00 bits per heavy atom. The number of benzene rings is 4. The molecule has 28 heavy (non-hydrogen) atoms. The van der Waals surface area contributed by atoms with Gasteiger partial charge in [-0.3, -0.25) is 0 Å². The maximum Gasteiger partial charge on any atom is 0.223 e. The number of methoxy groups -OCH3 is 1. The van der Waals surface area contributed by atoms with E-state index in [0.29, 0.717) is 0 Å². The smallest absolute Gasteiger partial charge is 0.223 e. The highest BCUT2D eigenvalue weighted by atomic mass is 16.5. The van der Waals surface area contributed by atoms with Gasteiger partial charge in [-0.25, -0.2) is 0 Å². The molecule has 0 amide bonds. The van der Waals surface area contributed by atoms with Crippen molar-refractivity contribution in [2.75, 3.05) is 7.11 Å². The summed E-state index contributed by atoms with van der Waals surface area (Å²) in [6.07, 6.45) is 0. The van der Waals surface area contributed by atoms with Gasteiger partial charge in [0.25, 0.3) is 0 Å². The molecule has 134 valence electrons. The Hall–Kier alpha value is -3.65. The molecular formula is C26H20NO+. The van der Waals surface area contributed by atoms with Gasteiger partial charge in [0.2, 0.25) is 16.7 Å². The lowest BCUT2D eigenvalue weighted by atomic mass is 9.95. The standard InChI is InChI=1S/C26H20NO/c1-28-24-18-10-17-23-26(24)25(19-11-4-2-5-12-19)21-15-8-9-16-22(21)27(23)20-13-6-3-7-14-20/h2-18H,1H3/q+1. The Balaban J connectivity index is 2.06. The average molecular weight is 362 g/mol. The van der Waals surface area contributed by atoms with Crippen molar-refractivity contribution >= 4 is 21.8 Å². The highest BCUT2D eigenvalue weighted by Gasteiger charge is 2.25. The summed E-state index contributed by atoms with van der Waals surface area (Å²) in [6, 6.07) is 35.9. The number of aromatic nitrogens is 1. The van der Waals surface area contributed by atoms with Crippen LogP contribution in [0.25, 0.3) is 38.6 Å². The van der Waals surface area contributed by atoms with E-state index in [1.807, 2.05) is 12.1 Å². The molecule has 0 saturated heterocycles. The molecule has 0 fully saturated rings. The van der Waals surface area contributed by atoms with Crippen molar-refractivity contribution in [2.45, 2.75) is 0 Å². The van der Waals surface area contributed by atoms with E-state index in [-0.39, 0.29) is 0 Å². The first-order valence-corrected chi connectivity index (χ1v) is 9.43. The fourth-order valence-corrected chi connectivity index (χ4v) is 4.03. The van der Waals surface area contributed by atoms with Gasteiger partial charge in [-0.1, -0.05) is 66.7 Å². The van der Waals surface area contributed by atoms with Gasteiger partial charge in [-0.2, -0.15) is 4.57 Å². The van der Waals surface area contributed by atoms with Crippen molar-refractivity contribution in [3.05, 3.63) is 103 Å². The molecule has 0 spiro atoms. The van der Waals surface area contributed by atoms with Gasteiger partial charge in [0.1, 0.15) is 5.75 Å². The number of pyridine rings is 1. The number of rotatable bonds is 3. The molecule has 0 aliphatic heterocycles. The molecule has 1 heterocycles. The van der Waals surface area contributed by atoms with Crippen molar-refractivity contribution in [1.29, 1.82) is 0 Å². The van der Waals surface area contributed by atoms with Crippen LogP contribution in [0, 0.1) is 0 Å². The predicted molar refractivity (Wildman–Crippen MR) is 115 cm³/mol. The topological polar surface area (TPSA) is 13.1 Å². The Kier molecular flexibility index (Phi) is 4.02. The number of ether oxygens (including phenoxy) is 1. The average Bonchev–Trinajstić information content (AvgIpc) is 2.78. The third-order valence-corrected chi connectivity index (χ3v) is 5.21. The molecule has 0 aliphatic carbocycles. The van der Waals surface area contributed by atoms with Crippen LogP contribution in [0.4, 0.5) is 0 Å². The largest absolute Gasteiger partial charge is 0.496 e. The summed E-state index contributed by atoms with van der Waals surface area (Å²) in [4.78, 5) is 0. The fraction of sp³-hybridized carbons (Fsp3) is 0.0385. The van der Waals surface area contributed by atoms with E-state index in [1.165, 1.54) is 22.0 Å². The van der Waals surface area contributed by atoms with E-state index in [9.17, 15) is 0 Å². The minimum atomic E-state index is 0.881. The predicted octanol–water partition coefficient (Wildman–Crippen LogP) is 5.95. The van der Waals surface area contributed by atoms with Crippen LogP contribution in [-0.4, -0.2) is 7.11 Å². The molecule has 2 nitrogen and oxygen atoms in total. The van der Waals surface area contributed by atoms with Crippen LogP contribution in [0.3, 0.4) is 0 Å². The monoisotopic (exact) mass is 362 g/mol. The molecular weight excluding hydrogens is 342 g/mol. The van der Waals surface area contributed by atoms with Crippen LogP contribution in [0.1, 0.15) is 0 Å². The molecule has 5 rings (SSSR count). The van der Waals surface area contributed by atoms with Crippen LogP contribution in [0.2, 0.25) is 0 Å². The summed E-state index contributed by atoms with van der Waals surface area (Å²) in [5, 5.41) is 2.33. The minimum Gasteiger partial charge on any atom is -0.496 e. The normalized spacial score (nSPS) is 11.0. The lowest BCUT2D eigenvalue weighted by Gasteiger charge is -2.14. The van der Waals surface area contributed by atoms with Gasteiger partial charge >= 0.3 is 0 Å². The second kappa shape index (κ2) is 6.82.